The summed E-state index contributed by atoms with van der Waals surface area (Å²) in [7, 11) is 0. The standard InChI is InChI=1S/C16H13O2S2/c1-19-16(14(17)12-8-4-2-5-9-12)20-15(18)13-10-6-3-7-11-13/h2-11H,1H3. The summed E-state index contributed by atoms with van der Waals surface area (Å²) in [6.45, 7) is 0. The molecule has 0 saturated carbocycles. The third-order valence-electron chi connectivity index (χ3n) is 2.60. The first kappa shape index (κ1) is 14.8. The van der Waals surface area contributed by atoms with E-state index in [0.29, 0.717) is 15.4 Å². The minimum Gasteiger partial charge on any atom is -0.287 e. The molecule has 0 saturated heterocycles. The maximum absolute atomic E-state index is 12.3. The van der Waals surface area contributed by atoms with Crippen LogP contribution in [0.4, 0.5) is 0 Å². The minimum atomic E-state index is -0.112. The second kappa shape index (κ2) is 7.22. The molecule has 0 unspecified atom stereocenters. The molecular formula is C16H13O2S2. The van der Waals surface area contributed by atoms with Crippen LogP contribution in [0.25, 0.3) is 5.76 Å². The molecule has 4 heteroatoms. The van der Waals surface area contributed by atoms with Gasteiger partial charge < -0.3 is 0 Å². The molecule has 0 heterocycles. The van der Waals surface area contributed by atoms with E-state index in [4.69, 9.17) is 0 Å². The number of thioether (sulfide) groups is 2. The Morgan fingerprint density at radius 1 is 0.850 bits per heavy atom. The van der Waals surface area contributed by atoms with E-state index in [1.54, 1.807) is 30.5 Å². The molecule has 1 radical (unpaired) electrons. The van der Waals surface area contributed by atoms with Gasteiger partial charge in [0.2, 0.25) is 10.9 Å². The average molecular weight is 301 g/mol. The molecule has 2 nitrogen and oxygen atoms in total. The summed E-state index contributed by atoms with van der Waals surface area (Å²) in [6, 6.07) is 18.0. The van der Waals surface area contributed by atoms with Crippen molar-refractivity contribution < 1.29 is 9.90 Å². The summed E-state index contributed by atoms with van der Waals surface area (Å²) < 4.78 is 0.491. The number of rotatable bonds is 4. The van der Waals surface area contributed by atoms with E-state index in [9.17, 15) is 9.90 Å². The van der Waals surface area contributed by atoms with Crippen LogP contribution in [0.3, 0.4) is 0 Å². The Morgan fingerprint density at radius 3 is 1.85 bits per heavy atom. The fourth-order valence-corrected chi connectivity index (χ4v) is 3.10. The Hall–Kier alpha value is -1.65. The van der Waals surface area contributed by atoms with E-state index >= 15 is 0 Å². The van der Waals surface area contributed by atoms with Gasteiger partial charge in [-0.1, -0.05) is 60.7 Å². The highest BCUT2D eigenvalue weighted by atomic mass is 32.2. The molecule has 2 aromatic rings. The van der Waals surface area contributed by atoms with Gasteiger partial charge in [-0.05, 0) is 18.0 Å². The van der Waals surface area contributed by atoms with Crippen LogP contribution in [0, 0.1) is 0 Å². The van der Waals surface area contributed by atoms with E-state index in [-0.39, 0.29) is 10.9 Å². The highest BCUT2D eigenvalue weighted by Gasteiger charge is 2.15. The predicted octanol–water partition coefficient (Wildman–Crippen LogP) is 4.68. The van der Waals surface area contributed by atoms with Crippen molar-refractivity contribution >= 4 is 34.4 Å². The zero-order chi connectivity index (χ0) is 14.4. The summed E-state index contributed by atoms with van der Waals surface area (Å²) in [5.41, 5.74) is 1.20. The summed E-state index contributed by atoms with van der Waals surface area (Å²) in [5.74, 6) is -0.104. The fourth-order valence-electron chi connectivity index (χ4n) is 1.61. The van der Waals surface area contributed by atoms with Crippen LogP contribution in [0.2, 0.25) is 0 Å². The van der Waals surface area contributed by atoms with Crippen LogP contribution in [0.1, 0.15) is 15.9 Å². The van der Waals surface area contributed by atoms with Gasteiger partial charge in [0.15, 0.2) is 0 Å². The molecule has 0 spiro atoms. The first-order valence-corrected chi connectivity index (χ1v) is 8.04. The molecule has 0 aliphatic rings. The third-order valence-corrected chi connectivity index (χ3v) is 4.70. The first-order chi connectivity index (χ1) is 9.72. The maximum Gasteiger partial charge on any atom is 0.224 e. The van der Waals surface area contributed by atoms with Crippen molar-refractivity contribution in [3.05, 3.63) is 76.0 Å². The van der Waals surface area contributed by atoms with E-state index in [1.165, 1.54) is 11.8 Å². The van der Waals surface area contributed by atoms with Gasteiger partial charge >= 0.3 is 0 Å². The lowest BCUT2D eigenvalue weighted by molar-refractivity contribution is 0.108. The van der Waals surface area contributed by atoms with Crippen LogP contribution in [0.5, 0.6) is 0 Å². The quantitative estimate of drug-likeness (QED) is 0.769. The lowest BCUT2D eigenvalue weighted by atomic mass is 10.2. The summed E-state index contributed by atoms with van der Waals surface area (Å²) in [5, 5.41) is 12.2. The molecule has 0 aliphatic carbocycles. The van der Waals surface area contributed by atoms with Gasteiger partial charge in [-0.25, -0.2) is 0 Å². The zero-order valence-electron chi connectivity index (χ0n) is 10.9. The first-order valence-electron chi connectivity index (χ1n) is 6.00. The molecule has 20 heavy (non-hydrogen) atoms. The lowest BCUT2D eigenvalue weighted by Gasteiger charge is -2.05. The summed E-state index contributed by atoms with van der Waals surface area (Å²) in [6.07, 6.45) is 1.81. The van der Waals surface area contributed by atoms with Crippen molar-refractivity contribution in [2.45, 2.75) is 0 Å². The van der Waals surface area contributed by atoms with Crippen molar-refractivity contribution in [3.63, 3.8) is 0 Å². The lowest BCUT2D eigenvalue weighted by Crippen LogP contribution is -1.94. The topological polar surface area (TPSA) is 37.0 Å². The van der Waals surface area contributed by atoms with E-state index < -0.39 is 0 Å². The Morgan fingerprint density at radius 2 is 1.35 bits per heavy atom. The normalized spacial score (nSPS) is 11.8. The average Bonchev–Trinajstić information content (AvgIpc) is 2.53. The Bertz CT molecular complexity index is 607. The van der Waals surface area contributed by atoms with E-state index in [1.807, 2.05) is 36.4 Å². The molecule has 0 N–H and O–H groups in total. The van der Waals surface area contributed by atoms with Crippen molar-refractivity contribution in [1.29, 1.82) is 0 Å². The molecule has 0 aliphatic heterocycles. The van der Waals surface area contributed by atoms with Crippen molar-refractivity contribution in [2.24, 2.45) is 0 Å². The molecule has 2 rings (SSSR count). The number of hydrogen-bond acceptors (Lipinski definition) is 3. The molecule has 0 fully saturated rings. The van der Waals surface area contributed by atoms with Crippen LogP contribution < -0.4 is 0 Å². The van der Waals surface area contributed by atoms with Crippen LogP contribution >= 0.6 is 23.5 Å². The molecule has 0 bridgehead atoms. The largest absolute Gasteiger partial charge is 0.287 e. The van der Waals surface area contributed by atoms with Crippen molar-refractivity contribution in [1.82, 2.24) is 0 Å². The highest BCUT2D eigenvalue weighted by molar-refractivity contribution is 8.29. The predicted molar refractivity (Wildman–Crippen MR) is 85.9 cm³/mol. The van der Waals surface area contributed by atoms with Gasteiger partial charge in [0.05, 0.1) is 4.24 Å². The molecule has 2 aromatic carbocycles. The van der Waals surface area contributed by atoms with Crippen LogP contribution in [0.15, 0.2) is 64.9 Å². The second-order valence-corrected chi connectivity index (χ2v) is 6.00. The van der Waals surface area contributed by atoms with Gasteiger partial charge in [-0.2, -0.15) is 0 Å². The molecule has 101 valence electrons. The van der Waals surface area contributed by atoms with Gasteiger partial charge in [0, 0.05) is 11.1 Å². The SMILES string of the molecule is CSC(SC(=O)c1ccccc1)=C([O])c1ccccc1. The fraction of sp³-hybridized carbons (Fsp3) is 0.0625. The Balaban J connectivity index is 2.23. The van der Waals surface area contributed by atoms with Gasteiger partial charge in [-0.15, -0.1) is 11.8 Å². The minimum absolute atomic E-state index is 0.104. The molecule has 0 aromatic heterocycles. The van der Waals surface area contributed by atoms with Crippen molar-refractivity contribution in [2.75, 3.05) is 6.26 Å². The van der Waals surface area contributed by atoms with Gasteiger partial charge in [-0.3, -0.25) is 9.90 Å². The third kappa shape index (κ3) is 3.68. The summed E-state index contributed by atoms with van der Waals surface area (Å²) >= 11 is 2.30. The number of carbonyl (C=O) groups excluding carboxylic acids is 1. The Kier molecular flexibility index (Phi) is 5.32. The summed E-state index contributed by atoms with van der Waals surface area (Å²) in [4.78, 5) is 12.1. The molecule has 0 amide bonds. The van der Waals surface area contributed by atoms with Crippen molar-refractivity contribution in [3.8, 4) is 0 Å². The highest BCUT2D eigenvalue weighted by Crippen LogP contribution is 2.35. The number of hydrogen-bond donors (Lipinski definition) is 0. The van der Waals surface area contributed by atoms with Gasteiger partial charge in [0.25, 0.3) is 0 Å². The zero-order valence-corrected chi connectivity index (χ0v) is 12.5. The van der Waals surface area contributed by atoms with Crippen LogP contribution in [-0.2, 0) is 5.11 Å². The van der Waals surface area contributed by atoms with E-state index in [2.05, 4.69) is 0 Å². The molecule has 0 atom stereocenters. The Labute approximate surface area is 126 Å². The monoisotopic (exact) mass is 301 g/mol. The molecular weight excluding hydrogens is 288 g/mol. The maximum atomic E-state index is 12.3. The number of benzene rings is 2. The second-order valence-electron chi connectivity index (χ2n) is 3.94. The van der Waals surface area contributed by atoms with Crippen LogP contribution in [-0.4, -0.2) is 11.4 Å². The van der Waals surface area contributed by atoms with E-state index in [0.717, 1.165) is 11.8 Å². The van der Waals surface area contributed by atoms with Gasteiger partial charge in [0.1, 0.15) is 0 Å². The smallest absolute Gasteiger partial charge is 0.224 e. The number of carbonyl (C=O) groups is 1.